The Hall–Kier alpha value is 0.0900. The zero-order valence-electron chi connectivity index (χ0n) is 6.10. The molecule has 1 radical (unpaired) electrons. The maximum atomic E-state index is 3.62. The third kappa shape index (κ3) is 8.09. The third-order valence-corrected chi connectivity index (χ3v) is 1.83. The van der Waals surface area contributed by atoms with Crippen LogP contribution in [0.25, 0.3) is 0 Å². The van der Waals surface area contributed by atoms with Crippen LogP contribution in [0.1, 0.15) is 19.3 Å². The Morgan fingerprint density at radius 1 is 1.44 bits per heavy atom. The summed E-state index contributed by atoms with van der Waals surface area (Å²) in [5, 5.41) is 0. The normalized spacial score (nSPS) is 10.9. The lowest BCUT2D eigenvalue weighted by Crippen LogP contribution is -1.76. The Morgan fingerprint density at radius 2 is 2.22 bits per heavy atom. The minimum atomic E-state index is 1.20. The number of unbranched alkanes of at least 4 members (excludes halogenated alkanes) is 2. The molecule has 0 saturated heterocycles. The molecule has 9 heavy (non-hydrogen) atoms. The van der Waals surface area contributed by atoms with Gasteiger partial charge in [-0.2, -0.15) is 11.8 Å². The molecule has 0 aromatic rings. The van der Waals surface area contributed by atoms with E-state index in [-0.39, 0.29) is 0 Å². The summed E-state index contributed by atoms with van der Waals surface area (Å²) in [5.41, 5.74) is 0. The lowest BCUT2D eigenvalue weighted by Gasteiger charge is -1.92. The molecule has 0 saturated carbocycles. The quantitative estimate of drug-likeness (QED) is 0.533. The van der Waals surface area contributed by atoms with Gasteiger partial charge in [-0.1, -0.05) is 12.2 Å². The Kier molecular flexibility index (Phi) is 8.17. The largest absolute Gasteiger partial charge is 0.165 e. The van der Waals surface area contributed by atoms with Gasteiger partial charge in [-0.25, -0.2) is 0 Å². The fraction of sp³-hybridized carbons (Fsp3) is 0.625. The van der Waals surface area contributed by atoms with E-state index in [1.165, 1.54) is 25.0 Å². The molecular weight excluding hydrogens is 128 g/mol. The van der Waals surface area contributed by atoms with E-state index in [2.05, 4.69) is 19.3 Å². The summed E-state index contributed by atoms with van der Waals surface area (Å²) in [6, 6.07) is 0. The molecule has 0 N–H and O–H groups in total. The first-order chi connectivity index (χ1) is 4.41. The molecule has 0 bridgehead atoms. The summed E-state index contributed by atoms with van der Waals surface area (Å²) in [4.78, 5) is 0. The zero-order valence-corrected chi connectivity index (χ0v) is 6.91. The van der Waals surface area contributed by atoms with Crippen molar-refractivity contribution in [3.63, 3.8) is 0 Å². The van der Waals surface area contributed by atoms with Crippen LogP contribution in [0.2, 0.25) is 0 Å². The first kappa shape index (κ1) is 9.09. The molecule has 1 heteroatoms. The number of hydrogen-bond donors (Lipinski definition) is 0. The average molecular weight is 143 g/mol. The molecular formula is C8H15S. The molecule has 0 amide bonds. The molecule has 0 nitrogen and oxygen atoms in total. The van der Waals surface area contributed by atoms with E-state index in [4.69, 9.17) is 0 Å². The van der Waals surface area contributed by atoms with Crippen LogP contribution >= 0.6 is 11.8 Å². The molecule has 0 aromatic heterocycles. The molecule has 53 valence electrons. The van der Waals surface area contributed by atoms with E-state index in [0.29, 0.717) is 0 Å². The van der Waals surface area contributed by atoms with Crippen molar-refractivity contribution in [3.8, 4) is 0 Å². The molecule has 0 rings (SSSR count). The molecule has 0 fully saturated rings. The second kappa shape index (κ2) is 8.09. The highest BCUT2D eigenvalue weighted by atomic mass is 32.2. The fourth-order valence-electron chi connectivity index (χ4n) is 0.626. The third-order valence-electron chi connectivity index (χ3n) is 1.14. The summed E-state index contributed by atoms with van der Waals surface area (Å²) in [7, 11) is 0. The van der Waals surface area contributed by atoms with Gasteiger partial charge in [0, 0.05) is 0 Å². The highest BCUT2D eigenvalue weighted by Gasteiger charge is 1.82. The molecule has 0 heterocycles. The Labute approximate surface area is 62.7 Å². The number of hydrogen-bond acceptors (Lipinski definition) is 1. The molecule has 0 aliphatic rings. The average Bonchev–Trinajstić information content (AvgIpc) is 1.89. The minimum absolute atomic E-state index is 1.20. The maximum absolute atomic E-state index is 3.62. The molecule has 0 spiro atoms. The van der Waals surface area contributed by atoms with E-state index in [1.807, 2.05) is 17.8 Å². The summed E-state index contributed by atoms with van der Waals surface area (Å²) >= 11 is 1.92. The van der Waals surface area contributed by atoms with Gasteiger partial charge in [-0.3, -0.25) is 0 Å². The first-order valence-corrected chi connectivity index (χ1v) is 4.74. The van der Waals surface area contributed by atoms with Crippen molar-refractivity contribution in [2.24, 2.45) is 0 Å². The highest BCUT2D eigenvalue weighted by molar-refractivity contribution is 7.98. The highest BCUT2D eigenvalue weighted by Crippen LogP contribution is 2.02. The van der Waals surface area contributed by atoms with Crippen molar-refractivity contribution in [2.75, 3.05) is 12.0 Å². The van der Waals surface area contributed by atoms with Gasteiger partial charge in [0.15, 0.2) is 0 Å². The van der Waals surface area contributed by atoms with Crippen molar-refractivity contribution in [1.82, 2.24) is 0 Å². The summed E-state index contributed by atoms with van der Waals surface area (Å²) in [5.74, 6) is 1.30. The van der Waals surface area contributed by atoms with Crippen LogP contribution in [0.3, 0.4) is 0 Å². The van der Waals surface area contributed by atoms with E-state index in [1.54, 1.807) is 0 Å². The van der Waals surface area contributed by atoms with Crippen LogP contribution in [0.15, 0.2) is 12.2 Å². The lowest BCUT2D eigenvalue weighted by molar-refractivity contribution is 0.823. The van der Waals surface area contributed by atoms with Gasteiger partial charge in [0.1, 0.15) is 0 Å². The van der Waals surface area contributed by atoms with Gasteiger partial charge in [0.2, 0.25) is 0 Å². The minimum Gasteiger partial charge on any atom is -0.165 e. The Bertz CT molecular complexity index is 67.0. The Balaban J connectivity index is 2.75. The Morgan fingerprint density at radius 3 is 2.78 bits per heavy atom. The van der Waals surface area contributed by atoms with E-state index >= 15 is 0 Å². The van der Waals surface area contributed by atoms with Gasteiger partial charge >= 0.3 is 0 Å². The van der Waals surface area contributed by atoms with Crippen molar-refractivity contribution in [2.45, 2.75) is 19.3 Å². The second-order valence-corrected chi connectivity index (χ2v) is 2.95. The molecule has 0 aromatic carbocycles. The molecule has 0 unspecified atom stereocenters. The van der Waals surface area contributed by atoms with Crippen LogP contribution in [0, 0.1) is 6.92 Å². The van der Waals surface area contributed by atoms with Gasteiger partial charge in [-0.05, 0) is 38.2 Å². The van der Waals surface area contributed by atoms with E-state index in [0.717, 1.165) is 0 Å². The van der Waals surface area contributed by atoms with Crippen LogP contribution in [-0.4, -0.2) is 12.0 Å². The first-order valence-electron chi connectivity index (χ1n) is 3.35. The number of allylic oxidation sites excluding steroid dienone is 2. The molecule has 0 aliphatic carbocycles. The topological polar surface area (TPSA) is 0 Å². The molecule has 0 atom stereocenters. The molecule has 0 aliphatic heterocycles. The maximum Gasteiger partial charge on any atom is -0.00702 e. The van der Waals surface area contributed by atoms with Crippen LogP contribution in [0.5, 0.6) is 0 Å². The standard InChI is InChI=1S/C8H15S/c1-3-4-5-6-7-8-9-2/h3-4H,1,5-8H2,2H3/b4-3+. The lowest BCUT2D eigenvalue weighted by atomic mass is 10.2. The fourth-order valence-corrected chi connectivity index (χ4v) is 1.12. The van der Waals surface area contributed by atoms with E-state index in [9.17, 15) is 0 Å². The zero-order chi connectivity index (χ0) is 6.95. The van der Waals surface area contributed by atoms with Crippen LogP contribution in [0.4, 0.5) is 0 Å². The van der Waals surface area contributed by atoms with Crippen LogP contribution < -0.4 is 0 Å². The van der Waals surface area contributed by atoms with Gasteiger partial charge in [0.05, 0.1) is 0 Å². The van der Waals surface area contributed by atoms with Gasteiger partial charge in [0.25, 0.3) is 0 Å². The summed E-state index contributed by atoms with van der Waals surface area (Å²) < 4.78 is 0. The van der Waals surface area contributed by atoms with Gasteiger partial charge < -0.3 is 0 Å². The number of thioether (sulfide) groups is 1. The van der Waals surface area contributed by atoms with Crippen LogP contribution in [-0.2, 0) is 0 Å². The van der Waals surface area contributed by atoms with Crippen molar-refractivity contribution >= 4 is 11.8 Å². The van der Waals surface area contributed by atoms with Crippen molar-refractivity contribution < 1.29 is 0 Å². The number of rotatable bonds is 5. The monoisotopic (exact) mass is 143 g/mol. The smallest absolute Gasteiger partial charge is 0.00702 e. The van der Waals surface area contributed by atoms with Crippen molar-refractivity contribution in [3.05, 3.63) is 19.1 Å². The predicted octanol–water partition coefficient (Wildman–Crippen LogP) is 2.91. The SMILES string of the molecule is [CH2]/C=C/CCCCSC. The second-order valence-electron chi connectivity index (χ2n) is 1.96. The van der Waals surface area contributed by atoms with Crippen molar-refractivity contribution in [1.29, 1.82) is 0 Å². The summed E-state index contributed by atoms with van der Waals surface area (Å²) in [6.45, 7) is 3.62. The summed E-state index contributed by atoms with van der Waals surface area (Å²) in [6.07, 6.45) is 10.00. The van der Waals surface area contributed by atoms with E-state index < -0.39 is 0 Å². The predicted molar refractivity (Wildman–Crippen MR) is 46.7 cm³/mol. The van der Waals surface area contributed by atoms with Gasteiger partial charge in [-0.15, -0.1) is 0 Å².